The predicted octanol–water partition coefficient (Wildman–Crippen LogP) is 1.61. The highest BCUT2D eigenvalue weighted by Gasteiger charge is 2.14. The Hall–Kier alpha value is -0.320. The Kier molecular flexibility index (Phi) is 10.6. The number of unbranched alkanes of at least 4 members (excludes halogenated alkanes) is 1. The van der Waals surface area contributed by atoms with Gasteiger partial charge < -0.3 is 15.8 Å². The Morgan fingerprint density at radius 3 is 2.82 bits per heavy atom. The van der Waals surface area contributed by atoms with Gasteiger partial charge in [-0.2, -0.15) is 0 Å². The molecule has 0 spiro atoms. The van der Waals surface area contributed by atoms with Crippen molar-refractivity contribution in [2.75, 3.05) is 19.7 Å². The van der Waals surface area contributed by atoms with E-state index in [1.807, 2.05) is 0 Å². The average Bonchev–Trinajstić information content (AvgIpc) is 2.33. The molecule has 1 atom stereocenters. The normalized spacial score (nSPS) is 19.5. The summed E-state index contributed by atoms with van der Waals surface area (Å²) < 4.78 is 5.57. The molecular formula is C12H25ClN2O2. The number of hydrogen-bond donors (Lipinski definition) is 2. The van der Waals surface area contributed by atoms with Crippen molar-refractivity contribution in [2.24, 2.45) is 5.73 Å². The van der Waals surface area contributed by atoms with Crippen molar-refractivity contribution in [3.05, 3.63) is 0 Å². The van der Waals surface area contributed by atoms with Crippen molar-refractivity contribution in [3.8, 4) is 0 Å². The standard InChI is InChI=1S/C12H24N2O2.ClH/c13-8-2-3-9-14-12(15)7-6-11-5-1-4-10-16-11;/h11H,1-10,13H2,(H,14,15);1H. The summed E-state index contributed by atoms with van der Waals surface area (Å²) >= 11 is 0. The van der Waals surface area contributed by atoms with Crippen molar-refractivity contribution < 1.29 is 9.53 Å². The molecule has 1 aliphatic rings. The minimum Gasteiger partial charge on any atom is -0.378 e. The van der Waals surface area contributed by atoms with Gasteiger partial charge in [-0.25, -0.2) is 0 Å². The zero-order valence-electron chi connectivity index (χ0n) is 10.5. The molecule has 4 nitrogen and oxygen atoms in total. The largest absolute Gasteiger partial charge is 0.378 e. The molecule has 17 heavy (non-hydrogen) atoms. The van der Waals surface area contributed by atoms with E-state index in [4.69, 9.17) is 10.5 Å². The molecule has 1 fully saturated rings. The number of carbonyl (C=O) groups excluding carboxylic acids is 1. The molecule has 5 heteroatoms. The third-order valence-corrected chi connectivity index (χ3v) is 2.92. The summed E-state index contributed by atoms with van der Waals surface area (Å²) in [6, 6.07) is 0. The van der Waals surface area contributed by atoms with Gasteiger partial charge in [0.15, 0.2) is 0 Å². The molecule has 0 radical (unpaired) electrons. The molecule has 0 aromatic carbocycles. The van der Waals surface area contributed by atoms with E-state index in [2.05, 4.69) is 5.32 Å². The lowest BCUT2D eigenvalue weighted by atomic mass is 10.0. The van der Waals surface area contributed by atoms with Crippen LogP contribution in [0.2, 0.25) is 0 Å². The van der Waals surface area contributed by atoms with E-state index < -0.39 is 0 Å². The molecule has 0 bridgehead atoms. The smallest absolute Gasteiger partial charge is 0.220 e. The summed E-state index contributed by atoms with van der Waals surface area (Å²) in [5.41, 5.74) is 5.37. The van der Waals surface area contributed by atoms with Crippen molar-refractivity contribution in [1.82, 2.24) is 5.32 Å². The average molecular weight is 265 g/mol. The fourth-order valence-electron chi connectivity index (χ4n) is 1.91. The zero-order chi connectivity index (χ0) is 11.6. The van der Waals surface area contributed by atoms with Gasteiger partial charge >= 0.3 is 0 Å². The van der Waals surface area contributed by atoms with Gasteiger partial charge in [0.05, 0.1) is 6.10 Å². The third kappa shape index (κ3) is 8.41. The molecule has 1 aliphatic heterocycles. The summed E-state index contributed by atoms with van der Waals surface area (Å²) in [6.45, 7) is 2.32. The van der Waals surface area contributed by atoms with E-state index in [9.17, 15) is 4.79 Å². The number of ether oxygens (including phenoxy) is 1. The first-order chi connectivity index (χ1) is 7.83. The molecule has 1 unspecified atom stereocenters. The molecule has 0 saturated carbocycles. The van der Waals surface area contributed by atoms with Crippen LogP contribution in [-0.4, -0.2) is 31.7 Å². The molecule has 3 N–H and O–H groups in total. The van der Waals surface area contributed by atoms with Crippen LogP contribution in [0.4, 0.5) is 0 Å². The summed E-state index contributed by atoms with van der Waals surface area (Å²) in [4.78, 5) is 11.5. The number of rotatable bonds is 7. The van der Waals surface area contributed by atoms with Gasteiger partial charge in [0, 0.05) is 19.6 Å². The fourth-order valence-corrected chi connectivity index (χ4v) is 1.91. The molecule has 102 valence electrons. The van der Waals surface area contributed by atoms with Gasteiger partial charge in [-0.3, -0.25) is 4.79 Å². The van der Waals surface area contributed by atoms with Crippen molar-refractivity contribution in [3.63, 3.8) is 0 Å². The SMILES string of the molecule is Cl.NCCCCNC(=O)CCC1CCCCO1. The van der Waals surface area contributed by atoms with Crippen molar-refractivity contribution in [1.29, 1.82) is 0 Å². The van der Waals surface area contributed by atoms with Crippen LogP contribution >= 0.6 is 12.4 Å². The van der Waals surface area contributed by atoms with Gasteiger partial charge in [0.25, 0.3) is 0 Å². The summed E-state index contributed by atoms with van der Waals surface area (Å²) in [6.07, 6.45) is 7.23. The first kappa shape index (κ1) is 16.7. The lowest BCUT2D eigenvalue weighted by Gasteiger charge is -2.22. The van der Waals surface area contributed by atoms with Gasteiger partial charge in [0.1, 0.15) is 0 Å². The van der Waals surface area contributed by atoms with Crippen LogP contribution in [0.3, 0.4) is 0 Å². The quantitative estimate of drug-likeness (QED) is 0.687. The Labute approximate surface area is 110 Å². The number of halogens is 1. The summed E-state index contributed by atoms with van der Waals surface area (Å²) in [7, 11) is 0. The minimum atomic E-state index is 0. The van der Waals surface area contributed by atoms with Crippen molar-refractivity contribution >= 4 is 18.3 Å². The van der Waals surface area contributed by atoms with E-state index >= 15 is 0 Å². The lowest BCUT2D eigenvalue weighted by Crippen LogP contribution is -2.27. The predicted molar refractivity (Wildman–Crippen MR) is 71.4 cm³/mol. The van der Waals surface area contributed by atoms with Crippen molar-refractivity contribution in [2.45, 2.75) is 51.0 Å². The molecular weight excluding hydrogens is 240 g/mol. The maximum atomic E-state index is 11.5. The van der Waals surface area contributed by atoms with E-state index in [-0.39, 0.29) is 18.3 Å². The first-order valence-electron chi connectivity index (χ1n) is 6.41. The van der Waals surface area contributed by atoms with Crippen LogP contribution in [-0.2, 0) is 9.53 Å². The van der Waals surface area contributed by atoms with E-state index in [0.717, 1.165) is 38.8 Å². The third-order valence-electron chi connectivity index (χ3n) is 2.92. The Morgan fingerprint density at radius 2 is 2.18 bits per heavy atom. The second-order valence-electron chi connectivity index (χ2n) is 4.37. The van der Waals surface area contributed by atoms with E-state index in [1.165, 1.54) is 12.8 Å². The number of carbonyl (C=O) groups is 1. The van der Waals surface area contributed by atoms with Gasteiger partial charge in [-0.15, -0.1) is 12.4 Å². The number of amides is 1. The molecule has 1 heterocycles. The van der Waals surface area contributed by atoms with Crippen LogP contribution in [0, 0.1) is 0 Å². The molecule has 0 aromatic heterocycles. The maximum absolute atomic E-state index is 11.5. The van der Waals surface area contributed by atoms with Crippen LogP contribution in [0.25, 0.3) is 0 Å². The highest BCUT2D eigenvalue weighted by Crippen LogP contribution is 2.16. The van der Waals surface area contributed by atoms with Crippen LogP contribution in [0.5, 0.6) is 0 Å². The van der Waals surface area contributed by atoms with Gasteiger partial charge in [0.2, 0.25) is 5.91 Å². The second-order valence-corrected chi connectivity index (χ2v) is 4.37. The zero-order valence-corrected chi connectivity index (χ0v) is 11.3. The molecule has 0 aliphatic carbocycles. The van der Waals surface area contributed by atoms with E-state index in [0.29, 0.717) is 19.1 Å². The Balaban J connectivity index is 0.00000256. The lowest BCUT2D eigenvalue weighted by molar-refractivity contribution is -0.122. The van der Waals surface area contributed by atoms with E-state index in [1.54, 1.807) is 0 Å². The van der Waals surface area contributed by atoms with Crippen LogP contribution in [0.15, 0.2) is 0 Å². The molecule has 1 rings (SSSR count). The fraction of sp³-hybridized carbons (Fsp3) is 0.917. The first-order valence-corrected chi connectivity index (χ1v) is 6.41. The van der Waals surface area contributed by atoms with Gasteiger partial charge in [-0.1, -0.05) is 0 Å². The monoisotopic (exact) mass is 264 g/mol. The summed E-state index contributed by atoms with van der Waals surface area (Å²) in [5.74, 6) is 0.145. The second kappa shape index (κ2) is 10.8. The minimum absolute atomic E-state index is 0. The number of nitrogens with one attached hydrogen (secondary N) is 1. The Morgan fingerprint density at radius 1 is 1.35 bits per heavy atom. The highest BCUT2D eigenvalue weighted by molar-refractivity contribution is 5.85. The van der Waals surface area contributed by atoms with Gasteiger partial charge in [-0.05, 0) is 45.1 Å². The number of nitrogens with two attached hydrogens (primary N) is 1. The number of hydrogen-bond acceptors (Lipinski definition) is 3. The summed E-state index contributed by atoms with van der Waals surface area (Å²) in [5, 5.41) is 2.91. The highest BCUT2D eigenvalue weighted by atomic mass is 35.5. The maximum Gasteiger partial charge on any atom is 0.220 e. The molecule has 1 amide bonds. The van der Waals surface area contributed by atoms with Crippen LogP contribution in [0.1, 0.15) is 44.9 Å². The topological polar surface area (TPSA) is 64.3 Å². The Bertz CT molecular complexity index is 197. The van der Waals surface area contributed by atoms with Crippen LogP contribution < -0.4 is 11.1 Å². The molecule has 0 aromatic rings. The molecule has 1 saturated heterocycles.